The van der Waals surface area contributed by atoms with Crippen LogP contribution in [0.5, 0.6) is 0 Å². The highest BCUT2D eigenvalue weighted by Crippen LogP contribution is 2.33. The molecule has 0 heterocycles. The third kappa shape index (κ3) is 2.56. The number of halogens is 1. The molecule has 0 spiro atoms. The Kier molecular flexibility index (Phi) is 3.50. The van der Waals surface area contributed by atoms with E-state index in [-0.39, 0.29) is 5.69 Å². The summed E-state index contributed by atoms with van der Waals surface area (Å²) in [4.78, 5) is 10.4. The molecule has 19 heavy (non-hydrogen) atoms. The monoisotopic (exact) mass is 272 g/mol. The van der Waals surface area contributed by atoms with Gasteiger partial charge in [-0.1, -0.05) is 17.7 Å². The van der Waals surface area contributed by atoms with Crippen LogP contribution in [0.4, 0.5) is 5.69 Å². The minimum atomic E-state index is -0.453. The van der Waals surface area contributed by atoms with Crippen LogP contribution in [0.1, 0.15) is 11.1 Å². The number of nitriles is 1. The Labute approximate surface area is 115 Å². The summed E-state index contributed by atoms with van der Waals surface area (Å²) in [5.41, 5.74) is 2.62. The lowest BCUT2D eigenvalue weighted by Gasteiger charge is -2.08. The van der Waals surface area contributed by atoms with Gasteiger partial charge in [-0.2, -0.15) is 5.26 Å². The number of nitrogens with zero attached hydrogens (tertiary/aromatic N) is 2. The van der Waals surface area contributed by atoms with E-state index >= 15 is 0 Å². The van der Waals surface area contributed by atoms with E-state index in [1.165, 1.54) is 12.1 Å². The lowest BCUT2D eigenvalue weighted by atomic mass is 9.98. The van der Waals surface area contributed by atoms with Crippen molar-refractivity contribution < 1.29 is 4.92 Å². The molecule has 2 aromatic rings. The fourth-order valence-electron chi connectivity index (χ4n) is 1.81. The van der Waals surface area contributed by atoms with Gasteiger partial charge in [-0.25, -0.2) is 0 Å². The summed E-state index contributed by atoms with van der Waals surface area (Å²) in [6, 6.07) is 11.5. The van der Waals surface area contributed by atoms with E-state index in [0.29, 0.717) is 21.7 Å². The molecule has 0 amide bonds. The van der Waals surface area contributed by atoms with Gasteiger partial charge >= 0.3 is 0 Å². The van der Waals surface area contributed by atoms with E-state index in [9.17, 15) is 10.1 Å². The second-order valence-corrected chi connectivity index (χ2v) is 4.47. The summed E-state index contributed by atoms with van der Waals surface area (Å²) in [5, 5.41) is 20.2. The molecule has 4 nitrogen and oxygen atoms in total. The number of non-ortho nitro benzene ring substituents is 1. The molecule has 2 rings (SSSR count). The SMILES string of the molecule is Cc1ccc([N+](=O)[O-])cc1-c1cc(C#N)ccc1Cl. The van der Waals surface area contributed by atoms with Crippen LogP contribution in [-0.4, -0.2) is 4.92 Å². The number of rotatable bonds is 2. The second-order valence-electron chi connectivity index (χ2n) is 4.06. The van der Waals surface area contributed by atoms with E-state index in [1.54, 1.807) is 24.3 Å². The minimum Gasteiger partial charge on any atom is -0.258 e. The maximum absolute atomic E-state index is 10.8. The first-order valence-corrected chi connectivity index (χ1v) is 5.86. The van der Waals surface area contributed by atoms with Crippen molar-refractivity contribution in [3.05, 3.63) is 62.7 Å². The topological polar surface area (TPSA) is 66.9 Å². The van der Waals surface area contributed by atoms with Crippen molar-refractivity contribution in [2.24, 2.45) is 0 Å². The van der Waals surface area contributed by atoms with Crippen LogP contribution < -0.4 is 0 Å². The standard InChI is InChI=1S/C14H9ClN2O2/c1-9-2-4-11(17(18)19)7-12(9)13-6-10(8-16)3-5-14(13)15/h2-7H,1H3. The quantitative estimate of drug-likeness (QED) is 0.611. The zero-order chi connectivity index (χ0) is 14.0. The van der Waals surface area contributed by atoms with Crippen molar-refractivity contribution in [3.8, 4) is 17.2 Å². The van der Waals surface area contributed by atoms with Gasteiger partial charge < -0.3 is 0 Å². The van der Waals surface area contributed by atoms with E-state index in [2.05, 4.69) is 0 Å². The van der Waals surface area contributed by atoms with Crippen LogP contribution in [0, 0.1) is 28.4 Å². The third-order valence-corrected chi connectivity index (χ3v) is 3.15. The molecule has 0 unspecified atom stereocenters. The average molecular weight is 273 g/mol. The first-order chi connectivity index (χ1) is 9.02. The van der Waals surface area contributed by atoms with E-state index in [1.807, 2.05) is 13.0 Å². The summed E-state index contributed by atoms with van der Waals surface area (Å²) >= 11 is 6.11. The normalized spacial score (nSPS) is 9.95. The summed E-state index contributed by atoms with van der Waals surface area (Å²) in [5.74, 6) is 0. The van der Waals surface area contributed by atoms with Gasteiger partial charge in [0.1, 0.15) is 0 Å². The van der Waals surface area contributed by atoms with Gasteiger partial charge in [-0.05, 0) is 36.2 Å². The van der Waals surface area contributed by atoms with Crippen LogP contribution in [0.3, 0.4) is 0 Å². The molecule has 0 saturated carbocycles. The Morgan fingerprint density at radius 3 is 2.58 bits per heavy atom. The van der Waals surface area contributed by atoms with Crippen LogP contribution in [0.25, 0.3) is 11.1 Å². The number of benzene rings is 2. The molecule has 0 atom stereocenters. The van der Waals surface area contributed by atoms with Gasteiger partial charge in [0.15, 0.2) is 0 Å². The number of hydrogen-bond acceptors (Lipinski definition) is 3. The van der Waals surface area contributed by atoms with E-state index in [4.69, 9.17) is 16.9 Å². The maximum Gasteiger partial charge on any atom is 0.270 e. The molecule has 0 bridgehead atoms. The number of hydrogen-bond donors (Lipinski definition) is 0. The Bertz CT molecular complexity index is 705. The molecular formula is C14H9ClN2O2. The highest BCUT2D eigenvalue weighted by molar-refractivity contribution is 6.33. The van der Waals surface area contributed by atoms with E-state index < -0.39 is 4.92 Å². The summed E-state index contributed by atoms with van der Waals surface area (Å²) in [6.45, 7) is 1.84. The van der Waals surface area contributed by atoms with Gasteiger partial charge in [0.25, 0.3) is 5.69 Å². The van der Waals surface area contributed by atoms with Crippen molar-refractivity contribution in [1.29, 1.82) is 5.26 Å². The van der Waals surface area contributed by atoms with Crippen molar-refractivity contribution in [2.45, 2.75) is 6.92 Å². The fraction of sp³-hybridized carbons (Fsp3) is 0.0714. The number of nitro benzene ring substituents is 1. The lowest BCUT2D eigenvalue weighted by molar-refractivity contribution is -0.384. The molecule has 0 aliphatic carbocycles. The average Bonchev–Trinajstić information content (AvgIpc) is 2.40. The zero-order valence-corrected chi connectivity index (χ0v) is 10.8. The van der Waals surface area contributed by atoms with Crippen LogP contribution in [-0.2, 0) is 0 Å². The number of nitro groups is 1. The molecule has 94 valence electrons. The smallest absolute Gasteiger partial charge is 0.258 e. The Hall–Kier alpha value is -2.38. The fourth-order valence-corrected chi connectivity index (χ4v) is 2.03. The van der Waals surface area contributed by atoms with Gasteiger partial charge in [0, 0.05) is 22.7 Å². The lowest BCUT2D eigenvalue weighted by Crippen LogP contribution is -1.91. The highest BCUT2D eigenvalue weighted by atomic mass is 35.5. The summed E-state index contributed by atoms with van der Waals surface area (Å²) < 4.78 is 0. The molecule has 0 aliphatic rings. The third-order valence-electron chi connectivity index (χ3n) is 2.82. The van der Waals surface area contributed by atoms with Gasteiger partial charge in [0.2, 0.25) is 0 Å². The minimum absolute atomic E-state index is 0.000901. The van der Waals surface area contributed by atoms with Crippen molar-refractivity contribution in [2.75, 3.05) is 0 Å². The molecule has 0 aliphatic heterocycles. The van der Waals surface area contributed by atoms with Gasteiger partial charge in [-0.3, -0.25) is 10.1 Å². The van der Waals surface area contributed by atoms with Crippen LogP contribution in [0.15, 0.2) is 36.4 Å². The number of aryl methyl sites for hydroxylation is 1. The summed E-state index contributed by atoms with van der Waals surface area (Å²) in [7, 11) is 0. The van der Waals surface area contributed by atoms with Crippen LogP contribution in [0.2, 0.25) is 5.02 Å². The molecule has 2 aromatic carbocycles. The second kappa shape index (κ2) is 5.09. The Balaban J connectivity index is 2.68. The molecule has 0 aromatic heterocycles. The van der Waals surface area contributed by atoms with Gasteiger partial charge in [-0.15, -0.1) is 0 Å². The Morgan fingerprint density at radius 1 is 1.21 bits per heavy atom. The molecule has 0 radical (unpaired) electrons. The molecule has 0 N–H and O–H groups in total. The predicted octanol–water partition coefficient (Wildman–Crippen LogP) is 4.10. The summed E-state index contributed by atoms with van der Waals surface area (Å²) in [6.07, 6.45) is 0. The van der Waals surface area contributed by atoms with Crippen molar-refractivity contribution in [3.63, 3.8) is 0 Å². The molecular weight excluding hydrogens is 264 g/mol. The largest absolute Gasteiger partial charge is 0.270 e. The van der Waals surface area contributed by atoms with Crippen molar-refractivity contribution in [1.82, 2.24) is 0 Å². The zero-order valence-electron chi connectivity index (χ0n) is 10.1. The first kappa shape index (κ1) is 13.1. The van der Waals surface area contributed by atoms with Gasteiger partial charge in [0.05, 0.1) is 16.6 Å². The first-order valence-electron chi connectivity index (χ1n) is 5.48. The predicted molar refractivity (Wildman–Crippen MR) is 73.0 cm³/mol. The van der Waals surface area contributed by atoms with E-state index in [0.717, 1.165) is 5.56 Å². The maximum atomic E-state index is 10.8. The Morgan fingerprint density at radius 2 is 1.95 bits per heavy atom. The molecule has 0 fully saturated rings. The molecule has 0 saturated heterocycles. The van der Waals surface area contributed by atoms with Crippen LogP contribution >= 0.6 is 11.6 Å². The highest BCUT2D eigenvalue weighted by Gasteiger charge is 2.13. The van der Waals surface area contributed by atoms with Crippen molar-refractivity contribution >= 4 is 17.3 Å². The molecule has 5 heteroatoms.